The number of thiazole rings is 2. The lowest BCUT2D eigenvalue weighted by Gasteiger charge is -2.09. The molecule has 1 N–H and O–H groups in total. The highest BCUT2D eigenvalue weighted by Gasteiger charge is 2.11. The van der Waals surface area contributed by atoms with Crippen molar-refractivity contribution < 1.29 is 0 Å². The molecule has 5 heteroatoms. The van der Waals surface area contributed by atoms with E-state index in [9.17, 15) is 0 Å². The summed E-state index contributed by atoms with van der Waals surface area (Å²) in [4.78, 5) is 9.11. The molecule has 0 aromatic carbocycles. The SMILES string of the molecule is CCCNC(C)c1csc(-c2csc(C)n2)n1. The van der Waals surface area contributed by atoms with Crippen molar-refractivity contribution >= 4 is 22.7 Å². The van der Waals surface area contributed by atoms with Gasteiger partial charge in [0.1, 0.15) is 10.7 Å². The van der Waals surface area contributed by atoms with E-state index in [-0.39, 0.29) is 0 Å². The first-order chi connectivity index (χ1) is 8.20. The van der Waals surface area contributed by atoms with Crippen LogP contribution in [0.3, 0.4) is 0 Å². The van der Waals surface area contributed by atoms with Crippen LogP contribution in [-0.4, -0.2) is 16.5 Å². The number of nitrogens with one attached hydrogen (secondary N) is 1. The van der Waals surface area contributed by atoms with E-state index in [0.29, 0.717) is 6.04 Å². The zero-order chi connectivity index (χ0) is 12.3. The molecule has 2 rings (SSSR count). The van der Waals surface area contributed by atoms with Crippen LogP contribution in [-0.2, 0) is 0 Å². The Labute approximate surface area is 110 Å². The molecule has 0 aliphatic rings. The number of rotatable bonds is 5. The number of hydrogen-bond acceptors (Lipinski definition) is 5. The van der Waals surface area contributed by atoms with Crippen molar-refractivity contribution in [3.63, 3.8) is 0 Å². The first kappa shape index (κ1) is 12.7. The average molecular weight is 267 g/mol. The van der Waals surface area contributed by atoms with Gasteiger partial charge >= 0.3 is 0 Å². The summed E-state index contributed by atoms with van der Waals surface area (Å²) in [5.41, 5.74) is 2.12. The van der Waals surface area contributed by atoms with Gasteiger partial charge in [-0.1, -0.05) is 6.92 Å². The Kier molecular flexibility index (Phi) is 4.25. The van der Waals surface area contributed by atoms with Crippen molar-refractivity contribution in [1.29, 1.82) is 0 Å². The lowest BCUT2D eigenvalue weighted by Crippen LogP contribution is -2.19. The molecule has 92 valence electrons. The summed E-state index contributed by atoms with van der Waals surface area (Å²) in [6, 6.07) is 0.319. The van der Waals surface area contributed by atoms with E-state index >= 15 is 0 Å². The molecule has 2 aromatic heterocycles. The van der Waals surface area contributed by atoms with Crippen LogP contribution in [0, 0.1) is 6.92 Å². The molecule has 0 bridgehead atoms. The fourth-order valence-corrected chi connectivity index (χ4v) is 3.07. The summed E-state index contributed by atoms with van der Waals surface area (Å²) in [5, 5.41) is 9.75. The highest BCUT2D eigenvalue weighted by atomic mass is 32.1. The fourth-order valence-electron chi connectivity index (χ4n) is 1.53. The highest BCUT2D eigenvalue weighted by Crippen LogP contribution is 2.27. The second-order valence-electron chi connectivity index (χ2n) is 4.01. The van der Waals surface area contributed by atoms with Gasteiger partial charge in [0, 0.05) is 16.8 Å². The standard InChI is InChI=1S/C12H17N3S2/c1-4-5-13-8(2)10-6-17-12(15-10)11-7-16-9(3)14-11/h6-8,13H,4-5H2,1-3H3. The minimum atomic E-state index is 0.319. The summed E-state index contributed by atoms with van der Waals surface area (Å²) in [7, 11) is 0. The van der Waals surface area contributed by atoms with Crippen molar-refractivity contribution in [1.82, 2.24) is 15.3 Å². The predicted molar refractivity (Wildman–Crippen MR) is 74.7 cm³/mol. The molecular weight excluding hydrogens is 250 g/mol. The maximum Gasteiger partial charge on any atom is 0.143 e. The molecule has 0 spiro atoms. The number of nitrogens with zero attached hydrogens (tertiary/aromatic N) is 2. The van der Waals surface area contributed by atoms with E-state index in [1.807, 2.05) is 6.92 Å². The van der Waals surface area contributed by atoms with Gasteiger partial charge in [-0.15, -0.1) is 22.7 Å². The summed E-state index contributed by atoms with van der Waals surface area (Å²) < 4.78 is 0. The zero-order valence-electron chi connectivity index (χ0n) is 10.4. The Bertz CT molecular complexity index is 476. The number of aryl methyl sites for hydroxylation is 1. The van der Waals surface area contributed by atoms with Crippen LogP contribution in [0.2, 0.25) is 0 Å². The van der Waals surface area contributed by atoms with Gasteiger partial charge in [0.05, 0.1) is 10.7 Å². The van der Waals surface area contributed by atoms with E-state index in [1.54, 1.807) is 22.7 Å². The van der Waals surface area contributed by atoms with Gasteiger partial charge in [0.2, 0.25) is 0 Å². The third-order valence-corrected chi connectivity index (χ3v) is 4.16. The fraction of sp³-hybridized carbons (Fsp3) is 0.500. The van der Waals surface area contributed by atoms with E-state index in [1.165, 1.54) is 0 Å². The van der Waals surface area contributed by atoms with Gasteiger partial charge in [0.15, 0.2) is 0 Å². The summed E-state index contributed by atoms with van der Waals surface area (Å²) >= 11 is 3.34. The van der Waals surface area contributed by atoms with Gasteiger partial charge in [-0.2, -0.15) is 0 Å². The summed E-state index contributed by atoms with van der Waals surface area (Å²) in [6.45, 7) is 7.38. The van der Waals surface area contributed by atoms with Gasteiger partial charge in [-0.05, 0) is 26.8 Å². The maximum atomic E-state index is 4.65. The molecule has 0 fully saturated rings. The van der Waals surface area contributed by atoms with Gasteiger partial charge in [-0.25, -0.2) is 9.97 Å². The molecule has 3 nitrogen and oxygen atoms in total. The normalized spacial score (nSPS) is 12.9. The maximum absolute atomic E-state index is 4.65. The van der Waals surface area contributed by atoms with Crippen LogP contribution >= 0.6 is 22.7 Å². The number of hydrogen-bond donors (Lipinski definition) is 1. The molecule has 0 amide bonds. The first-order valence-electron chi connectivity index (χ1n) is 5.82. The quantitative estimate of drug-likeness (QED) is 0.899. The molecule has 0 aliphatic heterocycles. The second kappa shape index (κ2) is 5.71. The van der Waals surface area contributed by atoms with E-state index in [4.69, 9.17) is 0 Å². The number of aromatic nitrogens is 2. The van der Waals surface area contributed by atoms with E-state index < -0.39 is 0 Å². The summed E-state index contributed by atoms with van der Waals surface area (Å²) in [6.07, 6.45) is 1.15. The van der Waals surface area contributed by atoms with Crippen LogP contribution in [0.25, 0.3) is 10.7 Å². The Hall–Kier alpha value is -0.780. The molecule has 0 aliphatic carbocycles. The van der Waals surface area contributed by atoms with Crippen molar-refractivity contribution in [3.05, 3.63) is 21.5 Å². The minimum Gasteiger partial charge on any atom is -0.309 e. The van der Waals surface area contributed by atoms with Gasteiger partial charge < -0.3 is 5.32 Å². The summed E-state index contributed by atoms with van der Waals surface area (Å²) in [5.74, 6) is 0. The van der Waals surface area contributed by atoms with Crippen molar-refractivity contribution in [2.24, 2.45) is 0 Å². The molecule has 1 atom stereocenters. The Morgan fingerprint density at radius 2 is 2.12 bits per heavy atom. The third kappa shape index (κ3) is 3.12. The molecule has 0 saturated carbocycles. The molecule has 0 radical (unpaired) electrons. The first-order valence-corrected chi connectivity index (χ1v) is 7.58. The largest absolute Gasteiger partial charge is 0.309 e. The molecular formula is C12H17N3S2. The second-order valence-corrected chi connectivity index (χ2v) is 5.93. The van der Waals surface area contributed by atoms with Crippen LogP contribution in [0.4, 0.5) is 0 Å². The Morgan fingerprint density at radius 1 is 1.29 bits per heavy atom. The van der Waals surface area contributed by atoms with Crippen LogP contribution in [0.5, 0.6) is 0 Å². The monoisotopic (exact) mass is 267 g/mol. The van der Waals surface area contributed by atoms with Gasteiger partial charge in [-0.3, -0.25) is 0 Å². The van der Waals surface area contributed by atoms with E-state index in [0.717, 1.165) is 34.4 Å². The van der Waals surface area contributed by atoms with Crippen molar-refractivity contribution in [2.45, 2.75) is 33.2 Å². The van der Waals surface area contributed by atoms with Gasteiger partial charge in [0.25, 0.3) is 0 Å². The van der Waals surface area contributed by atoms with Crippen LogP contribution in [0.15, 0.2) is 10.8 Å². The predicted octanol–water partition coefficient (Wildman–Crippen LogP) is 3.64. The average Bonchev–Trinajstić information content (AvgIpc) is 2.93. The minimum absolute atomic E-state index is 0.319. The van der Waals surface area contributed by atoms with E-state index in [2.05, 4.69) is 39.9 Å². The zero-order valence-corrected chi connectivity index (χ0v) is 12.0. The lowest BCUT2D eigenvalue weighted by atomic mass is 10.2. The molecule has 2 aromatic rings. The van der Waals surface area contributed by atoms with Crippen LogP contribution < -0.4 is 5.32 Å². The third-order valence-electron chi connectivity index (χ3n) is 2.50. The lowest BCUT2D eigenvalue weighted by molar-refractivity contribution is 0.561. The van der Waals surface area contributed by atoms with Crippen molar-refractivity contribution in [3.8, 4) is 10.7 Å². The smallest absolute Gasteiger partial charge is 0.143 e. The van der Waals surface area contributed by atoms with Crippen LogP contribution in [0.1, 0.15) is 37.0 Å². The molecule has 0 saturated heterocycles. The van der Waals surface area contributed by atoms with Crippen molar-refractivity contribution in [2.75, 3.05) is 6.54 Å². The highest BCUT2D eigenvalue weighted by molar-refractivity contribution is 7.14. The Balaban J connectivity index is 2.10. The molecule has 17 heavy (non-hydrogen) atoms. The topological polar surface area (TPSA) is 37.8 Å². The molecule has 2 heterocycles. The molecule has 1 unspecified atom stereocenters. The Morgan fingerprint density at radius 3 is 2.76 bits per heavy atom.